The molecule has 0 aliphatic rings. The third kappa shape index (κ3) is 5.12. The molecule has 1 aromatic carbocycles. The highest BCUT2D eigenvalue weighted by Gasteiger charge is 2.09. The molecule has 0 amide bonds. The van der Waals surface area contributed by atoms with Crippen molar-refractivity contribution in [2.45, 2.75) is 11.3 Å². The minimum atomic E-state index is -1.33. The lowest BCUT2D eigenvalue weighted by Crippen LogP contribution is -2.10. The summed E-state index contributed by atoms with van der Waals surface area (Å²) in [6.07, 6.45) is 0.797. The first kappa shape index (κ1) is 15.1. The van der Waals surface area contributed by atoms with Crippen molar-refractivity contribution in [2.75, 3.05) is 38.4 Å². The van der Waals surface area contributed by atoms with Crippen LogP contribution in [0.15, 0.2) is 23.1 Å². The van der Waals surface area contributed by atoms with Gasteiger partial charge in [0.25, 0.3) is 0 Å². The standard InChI is InChI=1S/C12H18FNO3S/c1-16-5-2-6-17-7-8-18(15)12-9-10(13)3-4-11(12)14/h3-4,9H,2,5-8,14H2,1H3. The molecule has 0 spiro atoms. The lowest BCUT2D eigenvalue weighted by atomic mass is 10.3. The largest absolute Gasteiger partial charge is 0.398 e. The predicted molar refractivity (Wildman–Crippen MR) is 69.4 cm³/mol. The smallest absolute Gasteiger partial charge is 0.124 e. The second kappa shape index (κ2) is 8.18. The third-order valence-electron chi connectivity index (χ3n) is 2.27. The van der Waals surface area contributed by atoms with E-state index in [1.54, 1.807) is 7.11 Å². The van der Waals surface area contributed by atoms with Gasteiger partial charge in [0.1, 0.15) is 5.82 Å². The molecular weight excluding hydrogens is 257 g/mol. The lowest BCUT2D eigenvalue weighted by Gasteiger charge is -2.07. The molecule has 1 unspecified atom stereocenters. The average molecular weight is 275 g/mol. The Morgan fingerprint density at radius 3 is 2.83 bits per heavy atom. The van der Waals surface area contributed by atoms with Crippen molar-refractivity contribution in [2.24, 2.45) is 0 Å². The molecule has 0 saturated carbocycles. The maximum Gasteiger partial charge on any atom is 0.124 e. The van der Waals surface area contributed by atoms with Gasteiger partial charge in [-0.05, 0) is 24.6 Å². The molecule has 0 aromatic heterocycles. The van der Waals surface area contributed by atoms with Crippen LogP contribution in [0.3, 0.4) is 0 Å². The number of nitrogen functional groups attached to an aromatic ring is 1. The van der Waals surface area contributed by atoms with E-state index in [0.717, 1.165) is 6.42 Å². The van der Waals surface area contributed by atoms with Crippen LogP contribution in [0.1, 0.15) is 6.42 Å². The van der Waals surface area contributed by atoms with Crippen LogP contribution in [0.25, 0.3) is 0 Å². The van der Waals surface area contributed by atoms with E-state index >= 15 is 0 Å². The quantitative estimate of drug-likeness (QED) is 0.578. The van der Waals surface area contributed by atoms with E-state index in [0.29, 0.717) is 36.2 Å². The molecular formula is C12H18FNO3S. The number of hydrogen-bond acceptors (Lipinski definition) is 4. The number of hydrogen-bond donors (Lipinski definition) is 1. The maximum absolute atomic E-state index is 13.0. The van der Waals surface area contributed by atoms with Crippen LogP contribution in [0.4, 0.5) is 10.1 Å². The van der Waals surface area contributed by atoms with E-state index in [2.05, 4.69) is 0 Å². The SMILES string of the molecule is COCCCOCCS(=O)c1cc(F)ccc1N. The highest BCUT2D eigenvalue weighted by molar-refractivity contribution is 7.85. The van der Waals surface area contributed by atoms with Gasteiger partial charge < -0.3 is 15.2 Å². The molecule has 0 heterocycles. The average Bonchev–Trinajstić information content (AvgIpc) is 2.36. The molecule has 102 valence electrons. The number of ether oxygens (including phenoxy) is 2. The number of methoxy groups -OCH3 is 1. The maximum atomic E-state index is 13.0. The van der Waals surface area contributed by atoms with Gasteiger partial charge in [-0.15, -0.1) is 0 Å². The van der Waals surface area contributed by atoms with Gasteiger partial charge in [0.15, 0.2) is 0 Å². The molecule has 0 aliphatic heterocycles. The van der Waals surface area contributed by atoms with Gasteiger partial charge in [0.2, 0.25) is 0 Å². The van der Waals surface area contributed by atoms with E-state index in [1.807, 2.05) is 0 Å². The zero-order valence-corrected chi connectivity index (χ0v) is 11.2. The summed E-state index contributed by atoms with van der Waals surface area (Å²) in [5.74, 6) is -0.130. The van der Waals surface area contributed by atoms with E-state index in [9.17, 15) is 8.60 Å². The van der Waals surface area contributed by atoms with Gasteiger partial charge in [0.05, 0.1) is 28.1 Å². The fourth-order valence-electron chi connectivity index (χ4n) is 1.36. The van der Waals surface area contributed by atoms with Crippen molar-refractivity contribution in [1.29, 1.82) is 0 Å². The number of nitrogens with two attached hydrogens (primary N) is 1. The molecule has 18 heavy (non-hydrogen) atoms. The minimum Gasteiger partial charge on any atom is -0.398 e. The van der Waals surface area contributed by atoms with Crippen LogP contribution in [0, 0.1) is 5.82 Å². The normalized spacial score (nSPS) is 12.6. The molecule has 1 atom stereocenters. The van der Waals surface area contributed by atoms with Crippen LogP contribution in [-0.2, 0) is 20.3 Å². The van der Waals surface area contributed by atoms with Crippen LogP contribution in [-0.4, -0.2) is 36.9 Å². The second-order valence-electron chi connectivity index (χ2n) is 3.69. The van der Waals surface area contributed by atoms with Gasteiger partial charge in [-0.1, -0.05) is 0 Å². The number of anilines is 1. The van der Waals surface area contributed by atoms with Crippen LogP contribution < -0.4 is 5.73 Å². The van der Waals surface area contributed by atoms with E-state index < -0.39 is 16.6 Å². The first-order chi connectivity index (χ1) is 8.65. The third-order valence-corrected chi connectivity index (χ3v) is 3.65. The van der Waals surface area contributed by atoms with Crippen molar-refractivity contribution in [3.63, 3.8) is 0 Å². The summed E-state index contributed by atoms with van der Waals surface area (Å²) in [7, 11) is 0.293. The second-order valence-corrected chi connectivity index (χ2v) is 5.23. The summed E-state index contributed by atoms with van der Waals surface area (Å²) >= 11 is 0. The van der Waals surface area contributed by atoms with Gasteiger partial charge in [-0.2, -0.15) is 0 Å². The molecule has 6 heteroatoms. The van der Waals surface area contributed by atoms with Crippen molar-refractivity contribution in [3.05, 3.63) is 24.0 Å². The zero-order valence-electron chi connectivity index (χ0n) is 10.4. The van der Waals surface area contributed by atoms with Gasteiger partial charge in [0, 0.05) is 26.0 Å². The summed E-state index contributed by atoms with van der Waals surface area (Å²) in [5.41, 5.74) is 5.99. The Morgan fingerprint density at radius 1 is 1.33 bits per heavy atom. The highest BCUT2D eigenvalue weighted by atomic mass is 32.2. The van der Waals surface area contributed by atoms with Gasteiger partial charge in [-0.25, -0.2) is 4.39 Å². The minimum absolute atomic E-state index is 0.306. The molecule has 4 nitrogen and oxygen atoms in total. The molecule has 0 saturated heterocycles. The Hall–Kier alpha value is -0.980. The van der Waals surface area contributed by atoms with Crippen LogP contribution in [0.2, 0.25) is 0 Å². The van der Waals surface area contributed by atoms with E-state index in [1.165, 1.54) is 18.2 Å². The highest BCUT2D eigenvalue weighted by Crippen LogP contribution is 2.17. The summed E-state index contributed by atoms with van der Waals surface area (Å²) in [6, 6.07) is 3.87. The molecule has 0 bridgehead atoms. The summed E-state index contributed by atoms with van der Waals surface area (Å²) in [5, 5.41) is 0. The van der Waals surface area contributed by atoms with Crippen molar-refractivity contribution in [1.82, 2.24) is 0 Å². The van der Waals surface area contributed by atoms with Crippen molar-refractivity contribution >= 4 is 16.5 Å². The molecule has 1 rings (SSSR count). The van der Waals surface area contributed by atoms with Gasteiger partial charge in [-0.3, -0.25) is 4.21 Å². The molecule has 1 aromatic rings. The Kier molecular flexibility index (Phi) is 6.85. The van der Waals surface area contributed by atoms with E-state index in [-0.39, 0.29) is 0 Å². The zero-order chi connectivity index (χ0) is 13.4. The molecule has 2 N–H and O–H groups in total. The fourth-order valence-corrected chi connectivity index (χ4v) is 2.42. The Balaban J connectivity index is 2.34. The Morgan fingerprint density at radius 2 is 2.11 bits per heavy atom. The first-order valence-electron chi connectivity index (χ1n) is 5.65. The van der Waals surface area contributed by atoms with Crippen molar-refractivity contribution < 1.29 is 18.1 Å². The van der Waals surface area contributed by atoms with Gasteiger partial charge >= 0.3 is 0 Å². The molecule has 0 fully saturated rings. The van der Waals surface area contributed by atoms with Crippen LogP contribution >= 0.6 is 0 Å². The Labute approximate surface area is 109 Å². The molecule has 0 aliphatic carbocycles. The summed E-state index contributed by atoms with van der Waals surface area (Å²) in [6.45, 7) is 1.55. The van der Waals surface area contributed by atoms with E-state index in [4.69, 9.17) is 15.2 Å². The Bertz CT molecular complexity index is 401. The summed E-state index contributed by atoms with van der Waals surface area (Å²) in [4.78, 5) is 0.329. The number of benzene rings is 1. The predicted octanol–water partition coefficient (Wildman–Crippen LogP) is 1.57. The monoisotopic (exact) mass is 275 g/mol. The number of rotatable bonds is 8. The van der Waals surface area contributed by atoms with Crippen LogP contribution in [0.5, 0.6) is 0 Å². The lowest BCUT2D eigenvalue weighted by molar-refractivity contribution is 0.112. The first-order valence-corrected chi connectivity index (χ1v) is 6.97. The number of halogens is 1. The fraction of sp³-hybridized carbons (Fsp3) is 0.500. The molecule has 0 radical (unpaired) electrons. The summed E-state index contributed by atoms with van der Waals surface area (Å²) < 4.78 is 35.0. The topological polar surface area (TPSA) is 61.5 Å². The van der Waals surface area contributed by atoms with Crippen molar-refractivity contribution in [3.8, 4) is 0 Å².